The first-order chi connectivity index (χ1) is 7.85. The van der Waals surface area contributed by atoms with Gasteiger partial charge in [0, 0.05) is 11.6 Å². The molecule has 1 N–H and O–H groups in total. The molecule has 1 unspecified atom stereocenters. The minimum absolute atomic E-state index is 0.105. The summed E-state index contributed by atoms with van der Waals surface area (Å²) in [5.41, 5.74) is -0.120. The van der Waals surface area contributed by atoms with Crippen molar-refractivity contribution < 1.29 is 8.78 Å². The lowest BCUT2D eigenvalue weighted by atomic mass is 9.78. The topological polar surface area (TPSA) is 12.0 Å². The first-order valence-electron chi connectivity index (χ1n) is 5.65. The Bertz CT molecular complexity index is 405. The average molecular weight is 306 g/mol. The van der Waals surface area contributed by atoms with Gasteiger partial charge < -0.3 is 5.32 Å². The Labute approximate surface area is 110 Å². The van der Waals surface area contributed by atoms with E-state index >= 15 is 0 Å². The van der Waals surface area contributed by atoms with Gasteiger partial charge >= 0.3 is 0 Å². The molecular weight excluding hydrogens is 288 g/mol. The summed E-state index contributed by atoms with van der Waals surface area (Å²) in [5.74, 6) is -1.03. The second-order valence-electron chi connectivity index (χ2n) is 4.82. The fraction of sp³-hybridized carbons (Fsp3) is 0.538. The van der Waals surface area contributed by atoms with E-state index in [4.69, 9.17) is 0 Å². The van der Waals surface area contributed by atoms with Crippen LogP contribution in [0.1, 0.15) is 38.8 Å². The van der Waals surface area contributed by atoms with Crippen LogP contribution >= 0.6 is 15.9 Å². The fourth-order valence-electron chi connectivity index (χ4n) is 1.94. The van der Waals surface area contributed by atoms with Gasteiger partial charge in [-0.3, -0.25) is 0 Å². The maximum atomic E-state index is 14.0. The Morgan fingerprint density at radius 1 is 1.35 bits per heavy atom. The molecule has 0 aliphatic rings. The maximum absolute atomic E-state index is 14.0. The molecule has 0 aliphatic heterocycles. The number of hydrogen-bond donors (Lipinski definition) is 1. The molecule has 0 aromatic heterocycles. The molecule has 0 radical (unpaired) electrons. The summed E-state index contributed by atoms with van der Waals surface area (Å²) in [4.78, 5) is 0. The second kappa shape index (κ2) is 5.44. The van der Waals surface area contributed by atoms with Crippen LogP contribution in [0.3, 0.4) is 0 Å². The molecule has 0 fully saturated rings. The minimum atomic E-state index is -0.522. The third-order valence-corrected chi connectivity index (χ3v) is 3.96. The monoisotopic (exact) mass is 305 g/mol. The molecular formula is C13H18BrF2N. The number of rotatable bonds is 4. The smallest absolute Gasteiger partial charge is 0.145 e. The van der Waals surface area contributed by atoms with Crippen LogP contribution in [0.25, 0.3) is 0 Å². The van der Waals surface area contributed by atoms with Gasteiger partial charge in [0.25, 0.3) is 0 Å². The Balaban J connectivity index is 3.35. The van der Waals surface area contributed by atoms with Gasteiger partial charge in [-0.2, -0.15) is 0 Å². The number of halogens is 3. The van der Waals surface area contributed by atoms with Crippen molar-refractivity contribution >= 4 is 15.9 Å². The fourth-order valence-corrected chi connectivity index (χ4v) is 2.28. The number of nitrogens with one attached hydrogen (secondary N) is 1. The maximum Gasteiger partial charge on any atom is 0.145 e. The quantitative estimate of drug-likeness (QED) is 0.812. The van der Waals surface area contributed by atoms with Crippen molar-refractivity contribution in [3.05, 3.63) is 33.8 Å². The molecule has 0 amide bonds. The third kappa shape index (κ3) is 2.86. The van der Waals surface area contributed by atoms with Crippen LogP contribution in [0.4, 0.5) is 8.78 Å². The molecule has 1 atom stereocenters. The molecule has 0 spiro atoms. The third-order valence-electron chi connectivity index (χ3n) is 3.35. The zero-order valence-corrected chi connectivity index (χ0v) is 12.2. The van der Waals surface area contributed by atoms with E-state index < -0.39 is 11.6 Å². The van der Waals surface area contributed by atoms with E-state index in [0.29, 0.717) is 4.47 Å². The summed E-state index contributed by atoms with van der Waals surface area (Å²) in [7, 11) is 1.72. The molecule has 96 valence electrons. The van der Waals surface area contributed by atoms with Crippen molar-refractivity contribution in [3.8, 4) is 0 Å². The zero-order valence-electron chi connectivity index (χ0n) is 10.6. The minimum Gasteiger partial charge on any atom is -0.312 e. The first kappa shape index (κ1) is 14.6. The van der Waals surface area contributed by atoms with E-state index in [0.717, 1.165) is 6.42 Å². The summed E-state index contributed by atoms with van der Waals surface area (Å²) < 4.78 is 28.2. The van der Waals surface area contributed by atoms with Gasteiger partial charge in [0.05, 0.1) is 4.47 Å². The normalized spacial score (nSPS) is 13.8. The molecule has 1 nitrogen and oxygen atoms in total. The molecule has 0 saturated heterocycles. The van der Waals surface area contributed by atoms with Gasteiger partial charge in [-0.05, 0) is 46.9 Å². The Morgan fingerprint density at radius 2 is 1.94 bits per heavy atom. The lowest BCUT2D eigenvalue weighted by molar-refractivity contribution is 0.234. The van der Waals surface area contributed by atoms with Crippen molar-refractivity contribution in [2.75, 3.05) is 7.05 Å². The van der Waals surface area contributed by atoms with Gasteiger partial charge in [0.1, 0.15) is 11.6 Å². The first-order valence-corrected chi connectivity index (χ1v) is 6.45. The molecule has 1 rings (SSSR count). The van der Waals surface area contributed by atoms with Crippen LogP contribution in [0.5, 0.6) is 0 Å². The van der Waals surface area contributed by atoms with Crippen molar-refractivity contribution in [1.82, 2.24) is 5.32 Å². The van der Waals surface area contributed by atoms with E-state index in [1.807, 2.05) is 20.8 Å². The van der Waals surface area contributed by atoms with Gasteiger partial charge in [-0.1, -0.05) is 20.8 Å². The lowest BCUT2D eigenvalue weighted by Crippen LogP contribution is -2.33. The van der Waals surface area contributed by atoms with Gasteiger partial charge in [-0.25, -0.2) is 8.78 Å². The molecule has 1 aromatic rings. The number of benzene rings is 1. The van der Waals surface area contributed by atoms with E-state index in [-0.39, 0.29) is 17.0 Å². The molecule has 0 heterocycles. The molecule has 4 heteroatoms. The van der Waals surface area contributed by atoms with Gasteiger partial charge in [0.15, 0.2) is 0 Å². The van der Waals surface area contributed by atoms with Crippen LogP contribution in [-0.2, 0) is 0 Å². The number of hydrogen-bond acceptors (Lipinski definition) is 1. The molecule has 1 aromatic carbocycles. The van der Waals surface area contributed by atoms with E-state index in [9.17, 15) is 8.78 Å². The van der Waals surface area contributed by atoms with Crippen LogP contribution in [0.15, 0.2) is 16.6 Å². The Morgan fingerprint density at radius 3 is 2.41 bits per heavy atom. The predicted octanol–water partition coefficient (Wildman–Crippen LogP) is 4.42. The molecule has 0 bridgehead atoms. The van der Waals surface area contributed by atoms with E-state index in [1.165, 1.54) is 12.1 Å². The highest BCUT2D eigenvalue weighted by molar-refractivity contribution is 9.10. The van der Waals surface area contributed by atoms with Crippen LogP contribution < -0.4 is 5.32 Å². The molecule has 17 heavy (non-hydrogen) atoms. The standard InChI is InChI=1S/C13H18BrF2N/c1-5-13(2,3)12(17-4)10-9(15)7-6-8(14)11(10)16/h6-7,12,17H,5H2,1-4H3. The summed E-state index contributed by atoms with van der Waals surface area (Å²) in [6.45, 7) is 6.00. The Kier molecular flexibility index (Phi) is 4.67. The summed E-state index contributed by atoms with van der Waals surface area (Å²) in [6, 6.07) is 2.32. The average Bonchev–Trinajstić information content (AvgIpc) is 2.29. The largest absolute Gasteiger partial charge is 0.312 e. The van der Waals surface area contributed by atoms with Gasteiger partial charge in [-0.15, -0.1) is 0 Å². The van der Waals surface area contributed by atoms with Crippen molar-refractivity contribution in [3.63, 3.8) is 0 Å². The summed E-state index contributed by atoms with van der Waals surface area (Å²) in [6.07, 6.45) is 0.823. The summed E-state index contributed by atoms with van der Waals surface area (Å²) in [5, 5.41) is 3.02. The SMILES string of the molecule is CCC(C)(C)C(NC)c1c(F)ccc(Br)c1F. The van der Waals surface area contributed by atoms with Gasteiger partial charge in [0.2, 0.25) is 0 Å². The van der Waals surface area contributed by atoms with E-state index in [2.05, 4.69) is 21.2 Å². The Hall–Kier alpha value is -0.480. The highest BCUT2D eigenvalue weighted by Gasteiger charge is 2.32. The zero-order chi connectivity index (χ0) is 13.2. The van der Waals surface area contributed by atoms with Crippen molar-refractivity contribution in [2.24, 2.45) is 5.41 Å². The highest BCUT2D eigenvalue weighted by atomic mass is 79.9. The second-order valence-corrected chi connectivity index (χ2v) is 5.68. The summed E-state index contributed by atoms with van der Waals surface area (Å²) >= 11 is 3.10. The van der Waals surface area contributed by atoms with Crippen molar-refractivity contribution in [2.45, 2.75) is 33.2 Å². The molecule has 0 saturated carbocycles. The van der Waals surface area contributed by atoms with Crippen molar-refractivity contribution in [1.29, 1.82) is 0 Å². The van der Waals surface area contributed by atoms with Crippen LogP contribution in [0, 0.1) is 17.0 Å². The predicted molar refractivity (Wildman–Crippen MR) is 69.9 cm³/mol. The van der Waals surface area contributed by atoms with Crippen LogP contribution in [-0.4, -0.2) is 7.05 Å². The van der Waals surface area contributed by atoms with E-state index in [1.54, 1.807) is 7.05 Å². The van der Waals surface area contributed by atoms with Crippen LogP contribution in [0.2, 0.25) is 0 Å². The highest BCUT2D eigenvalue weighted by Crippen LogP contribution is 2.39. The molecule has 0 aliphatic carbocycles. The lowest BCUT2D eigenvalue weighted by Gasteiger charge is -2.34.